The Bertz CT molecular complexity index is 3110. The summed E-state index contributed by atoms with van der Waals surface area (Å²) < 4.78 is 3.47. The number of fused-ring (bicyclic) bond motifs is 8. The zero-order valence-electron chi connectivity index (χ0n) is 35.1. The summed E-state index contributed by atoms with van der Waals surface area (Å²) in [6.45, 7) is 0. The zero-order valence-corrected chi connectivity index (χ0v) is 35.1. The third kappa shape index (κ3) is 5.93. The SMILES string of the molecule is O=C1C2Cc3c(n(C(=O)c4ccccc4)c4ccccc34)CC2C(=O)N1c1ccc(Cc2ccc(N3C(=O)C4Cc5c(n(C(=O)c6ccccc6)c6ccccc56)CC4C3=O)cc2)cc1. The molecule has 8 aromatic rings. The number of para-hydroxylation sites is 2. The first-order valence-electron chi connectivity index (χ1n) is 22.1. The van der Waals surface area contributed by atoms with Crippen LogP contribution in [0.1, 0.15) is 54.4 Å². The van der Waals surface area contributed by atoms with E-state index in [2.05, 4.69) is 0 Å². The van der Waals surface area contributed by atoms with E-state index >= 15 is 0 Å². The molecule has 12 rings (SSSR count). The highest BCUT2D eigenvalue weighted by atomic mass is 16.2. The van der Waals surface area contributed by atoms with Gasteiger partial charge >= 0.3 is 0 Å². The van der Waals surface area contributed by atoms with Gasteiger partial charge in [-0.25, -0.2) is 0 Å². The van der Waals surface area contributed by atoms with E-state index in [-0.39, 0.29) is 35.4 Å². The van der Waals surface area contributed by atoms with Gasteiger partial charge in [0.05, 0.1) is 46.1 Å². The predicted molar refractivity (Wildman–Crippen MR) is 246 cm³/mol. The van der Waals surface area contributed by atoms with Gasteiger partial charge in [-0.1, -0.05) is 97.1 Å². The van der Waals surface area contributed by atoms with Gasteiger partial charge in [-0.2, -0.15) is 0 Å². The molecule has 2 saturated heterocycles. The fourth-order valence-corrected chi connectivity index (χ4v) is 11.1. The molecule has 4 atom stereocenters. The summed E-state index contributed by atoms with van der Waals surface area (Å²) in [6.07, 6.45) is 1.88. The third-order valence-electron chi connectivity index (χ3n) is 14.2. The number of nitrogens with zero attached hydrogens (tertiary/aromatic N) is 4. The Kier molecular flexibility index (Phi) is 8.81. The molecule has 0 saturated carbocycles. The molecule has 0 bridgehead atoms. The molecule has 2 aromatic heterocycles. The van der Waals surface area contributed by atoms with Crippen LogP contribution in [0.15, 0.2) is 158 Å². The van der Waals surface area contributed by atoms with Crippen LogP contribution in [0.5, 0.6) is 0 Å². The Balaban J connectivity index is 0.750. The van der Waals surface area contributed by atoms with Crippen LogP contribution in [0.2, 0.25) is 0 Å². The van der Waals surface area contributed by atoms with E-state index in [9.17, 15) is 28.8 Å². The van der Waals surface area contributed by atoms with E-state index in [4.69, 9.17) is 0 Å². The lowest BCUT2D eigenvalue weighted by atomic mass is 9.79. The molecule has 4 heterocycles. The average Bonchev–Trinajstić information content (AvgIpc) is 4.01. The van der Waals surface area contributed by atoms with Gasteiger partial charge in [-0.15, -0.1) is 0 Å². The van der Waals surface area contributed by atoms with E-state index in [1.807, 2.05) is 109 Å². The van der Waals surface area contributed by atoms with Crippen LogP contribution < -0.4 is 9.80 Å². The molecular formula is C55H40N4O6. The highest BCUT2D eigenvalue weighted by Gasteiger charge is 2.53. The molecule has 4 amide bonds. The minimum atomic E-state index is -0.578. The van der Waals surface area contributed by atoms with Gasteiger partial charge in [0, 0.05) is 46.1 Å². The number of hydrogen-bond acceptors (Lipinski definition) is 6. The molecule has 2 aliphatic heterocycles. The Morgan fingerprint density at radius 1 is 0.400 bits per heavy atom. The Morgan fingerprint density at radius 3 is 1.12 bits per heavy atom. The highest BCUT2D eigenvalue weighted by Crippen LogP contribution is 2.45. The van der Waals surface area contributed by atoms with Crippen molar-refractivity contribution in [1.29, 1.82) is 0 Å². The highest BCUT2D eigenvalue weighted by molar-refractivity contribution is 6.23. The average molecular weight is 853 g/mol. The quantitative estimate of drug-likeness (QED) is 0.155. The summed E-state index contributed by atoms with van der Waals surface area (Å²) in [6, 6.07) is 48.6. The van der Waals surface area contributed by atoms with Gasteiger partial charge < -0.3 is 0 Å². The van der Waals surface area contributed by atoms with Crippen LogP contribution in [0.3, 0.4) is 0 Å². The smallest absolute Gasteiger partial charge is 0.262 e. The lowest BCUT2D eigenvalue weighted by Crippen LogP contribution is -2.31. The standard InChI is InChI=1S/C55H40N4O6/c60-50(34-11-3-1-4-12-34)58-46-17-9-7-15-38(46)40-28-42-44(30-48(40)58)54(64)56(52(42)62)36-23-19-32(20-24-36)27-33-21-25-37(26-22-33)57-53(63)43-29-41-39-16-8-10-18-47(39)59(49(41)31-45(43)55(57)65)51(61)35-13-5-2-6-14-35/h1-26,42-45H,27-31H2. The number of hydrogen-bond donors (Lipinski definition) is 0. The lowest BCUT2D eigenvalue weighted by molar-refractivity contribution is -0.124. The third-order valence-corrected chi connectivity index (χ3v) is 14.2. The molecule has 6 aromatic carbocycles. The van der Waals surface area contributed by atoms with Crippen molar-refractivity contribution in [3.05, 3.63) is 202 Å². The van der Waals surface area contributed by atoms with E-state index in [1.54, 1.807) is 57.7 Å². The summed E-state index contributed by atoms with van der Waals surface area (Å²) in [5, 5.41) is 1.85. The molecule has 2 aliphatic carbocycles. The number of imide groups is 2. The van der Waals surface area contributed by atoms with Crippen molar-refractivity contribution in [2.45, 2.75) is 32.1 Å². The number of rotatable bonds is 6. The second-order valence-corrected chi connectivity index (χ2v) is 17.7. The van der Waals surface area contributed by atoms with Gasteiger partial charge in [-0.3, -0.25) is 47.7 Å². The molecule has 316 valence electrons. The topological polar surface area (TPSA) is 119 Å². The van der Waals surface area contributed by atoms with Crippen molar-refractivity contribution in [3.63, 3.8) is 0 Å². The maximum Gasteiger partial charge on any atom is 0.262 e. The number of benzene rings is 6. The second-order valence-electron chi connectivity index (χ2n) is 17.7. The number of amides is 4. The molecule has 0 N–H and O–H groups in total. The van der Waals surface area contributed by atoms with Crippen LogP contribution in [0.25, 0.3) is 21.8 Å². The van der Waals surface area contributed by atoms with Crippen molar-refractivity contribution in [1.82, 2.24) is 9.13 Å². The fourth-order valence-electron chi connectivity index (χ4n) is 11.1. The molecule has 10 nitrogen and oxygen atoms in total. The van der Waals surface area contributed by atoms with Crippen LogP contribution in [-0.4, -0.2) is 44.6 Å². The van der Waals surface area contributed by atoms with Crippen molar-refractivity contribution in [2.75, 3.05) is 9.80 Å². The first kappa shape index (κ1) is 38.7. The second kappa shape index (κ2) is 14.8. The lowest BCUT2D eigenvalue weighted by Gasteiger charge is -2.23. The maximum atomic E-state index is 14.1. The van der Waals surface area contributed by atoms with E-state index in [1.165, 1.54) is 9.80 Å². The monoisotopic (exact) mass is 852 g/mol. The molecule has 2 fully saturated rings. The Labute approximate surface area is 373 Å². The minimum Gasteiger partial charge on any atom is -0.280 e. The first-order chi connectivity index (χ1) is 31.7. The van der Waals surface area contributed by atoms with E-state index in [0.717, 1.165) is 55.4 Å². The van der Waals surface area contributed by atoms with Crippen molar-refractivity contribution in [2.24, 2.45) is 23.7 Å². The largest absolute Gasteiger partial charge is 0.280 e. The van der Waals surface area contributed by atoms with Crippen LogP contribution >= 0.6 is 0 Å². The number of aromatic nitrogens is 2. The van der Waals surface area contributed by atoms with Gasteiger partial charge in [0.2, 0.25) is 23.6 Å². The van der Waals surface area contributed by atoms with E-state index < -0.39 is 23.7 Å². The molecule has 0 radical (unpaired) electrons. The van der Waals surface area contributed by atoms with Crippen molar-refractivity contribution in [3.8, 4) is 0 Å². The number of carbonyl (C=O) groups is 6. The summed E-state index contributed by atoms with van der Waals surface area (Å²) in [5.74, 6) is -3.49. The summed E-state index contributed by atoms with van der Waals surface area (Å²) in [4.78, 5) is 86.8. The minimum absolute atomic E-state index is 0.158. The van der Waals surface area contributed by atoms with Crippen molar-refractivity contribution < 1.29 is 28.8 Å². The molecule has 65 heavy (non-hydrogen) atoms. The van der Waals surface area contributed by atoms with Gasteiger partial charge in [0.25, 0.3) is 11.8 Å². The maximum absolute atomic E-state index is 14.1. The molecule has 4 unspecified atom stereocenters. The summed E-state index contributed by atoms with van der Waals surface area (Å²) >= 11 is 0. The first-order valence-corrected chi connectivity index (χ1v) is 22.1. The molecule has 10 heteroatoms. The van der Waals surface area contributed by atoms with Crippen LogP contribution in [0, 0.1) is 23.7 Å². The van der Waals surface area contributed by atoms with Crippen LogP contribution in [0.4, 0.5) is 11.4 Å². The summed E-state index contributed by atoms with van der Waals surface area (Å²) in [5.41, 5.74) is 9.08. The van der Waals surface area contributed by atoms with E-state index in [0.29, 0.717) is 54.6 Å². The Hall–Kier alpha value is -7.98. The summed E-state index contributed by atoms with van der Waals surface area (Å²) in [7, 11) is 0. The number of anilines is 2. The van der Waals surface area contributed by atoms with Crippen LogP contribution in [-0.2, 0) is 51.3 Å². The Morgan fingerprint density at radius 2 is 0.738 bits per heavy atom. The van der Waals surface area contributed by atoms with Gasteiger partial charge in [0.15, 0.2) is 0 Å². The molecular weight excluding hydrogens is 813 g/mol. The predicted octanol–water partition coefficient (Wildman–Crippen LogP) is 8.37. The molecule has 0 spiro atoms. The normalized spacial score (nSPS) is 20.0. The fraction of sp³-hybridized carbons (Fsp3) is 0.164. The molecule has 4 aliphatic rings. The zero-order chi connectivity index (χ0) is 44.1. The van der Waals surface area contributed by atoms with Gasteiger partial charge in [0.1, 0.15) is 0 Å². The number of carbonyl (C=O) groups excluding carboxylic acids is 6. The van der Waals surface area contributed by atoms with Gasteiger partial charge in [-0.05, 0) is 102 Å². The van der Waals surface area contributed by atoms with Crippen molar-refractivity contribution >= 4 is 68.6 Å².